The van der Waals surface area contributed by atoms with Crippen LogP contribution in [0.2, 0.25) is 0 Å². The molecule has 0 rings (SSSR count). The van der Waals surface area contributed by atoms with Crippen molar-refractivity contribution in [1.29, 1.82) is 0 Å². The summed E-state index contributed by atoms with van der Waals surface area (Å²) in [4.78, 5) is -3.56. The van der Waals surface area contributed by atoms with E-state index in [1.165, 1.54) is 19.3 Å². The molecular weight excluding hydrogens is 181 g/mol. The fourth-order valence-corrected chi connectivity index (χ4v) is 0.354. The van der Waals surface area contributed by atoms with Crippen LogP contribution < -0.4 is 0 Å². The summed E-state index contributed by atoms with van der Waals surface area (Å²) >= 11 is 7.92. The molecule has 0 heterocycles. The van der Waals surface area contributed by atoms with Gasteiger partial charge in [-0.1, -0.05) is 33.1 Å². The summed E-state index contributed by atoms with van der Waals surface area (Å²) in [6, 6.07) is 0. The average Bonchev–Trinajstić information content (AvgIpc) is 1.63. The van der Waals surface area contributed by atoms with Crippen LogP contribution in [0.4, 0.5) is 8.78 Å². The van der Waals surface area contributed by atoms with Crippen molar-refractivity contribution in [2.75, 3.05) is 0 Å². The van der Waals surface area contributed by atoms with Gasteiger partial charge >= 0.3 is 4.84 Å². The van der Waals surface area contributed by atoms with E-state index >= 15 is 0 Å². The molecule has 0 fully saturated rings. The Hall–Kier alpha value is 0.440. The molecule has 0 spiro atoms. The first-order chi connectivity index (χ1) is 4.41. The Morgan fingerprint density at radius 3 is 1.30 bits per heavy atom. The summed E-state index contributed by atoms with van der Waals surface area (Å²) in [5.74, 6) is 0. The lowest BCUT2D eigenvalue weighted by atomic mass is 10.3. The van der Waals surface area contributed by atoms with Gasteiger partial charge in [-0.3, -0.25) is 0 Å². The van der Waals surface area contributed by atoms with Crippen molar-refractivity contribution < 1.29 is 8.78 Å². The lowest BCUT2D eigenvalue weighted by molar-refractivity contribution is 0.194. The van der Waals surface area contributed by atoms with Gasteiger partial charge < -0.3 is 0 Å². The molecule has 0 aromatic carbocycles. The maximum absolute atomic E-state index is 10.6. The van der Waals surface area contributed by atoms with E-state index in [1.807, 2.05) is 0 Å². The van der Waals surface area contributed by atoms with E-state index in [9.17, 15) is 8.78 Å². The lowest BCUT2D eigenvalue weighted by Gasteiger charge is -1.87. The van der Waals surface area contributed by atoms with Gasteiger partial charge in [-0.25, -0.2) is 0 Å². The summed E-state index contributed by atoms with van der Waals surface area (Å²) in [5.41, 5.74) is 0. The zero-order valence-electron chi connectivity index (χ0n) is 6.13. The molecule has 0 aliphatic heterocycles. The maximum atomic E-state index is 10.6. The molecule has 0 nitrogen and oxygen atoms in total. The Kier molecular flexibility index (Phi) is 9.86. The van der Waals surface area contributed by atoms with E-state index < -0.39 is 4.84 Å². The van der Waals surface area contributed by atoms with Crippen molar-refractivity contribution >= 4 is 23.2 Å². The first-order valence-corrected chi connectivity index (χ1v) is 3.93. The summed E-state index contributed by atoms with van der Waals surface area (Å²) < 4.78 is 21.1. The predicted molar refractivity (Wildman–Crippen MR) is 41.9 cm³/mol. The standard InChI is InChI=1S/C5H12.CCl2F2/c1-3-5-4-2;2-1(3,4)5/h3-5H2,1-2H3;. The van der Waals surface area contributed by atoms with Crippen molar-refractivity contribution in [3.63, 3.8) is 0 Å². The van der Waals surface area contributed by atoms with Crippen molar-refractivity contribution in [2.24, 2.45) is 0 Å². The third-order valence-corrected chi connectivity index (χ3v) is 0.707. The largest absolute Gasteiger partial charge is 0.401 e. The van der Waals surface area contributed by atoms with Gasteiger partial charge in [0.05, 0.1) is 0 Å². The lowest BCUT2D eigenvalue weighted by Crippen LogP contribution is -1.86. The second-order valence-electron chi connectivity index (χ2n) is 1.78. The fraction of sp³-hybridized carbons (Fsp3) is 1.00. The minimum Gasteiger partial charge on any atom is -0.172 e. The molecule has 0 aromatic rings. The molecule has 0 atom stereocenters. The van der Waals surface area contributed by atoms with Gasteiger partial charge in [0.15, 0.2) is 0 Å². The van der Waals surface area contributed by atoms with Crippen LogP contribution in [0.3, 0.4) is 0 Å². The highest BCUT2D eigenvalue weighted by atomic mass is 35.5. The van der Waals surface area contributed by atoms with Crippen LogP contribution in [0.15, 0.2) is 0 Å². The third kappa shape index (κ3) is 78.5. The van der Waals surface area contributed by atoms with E-state index in [0.29, 0.717) is 0 Å². The Balaban J connectivity index is 0. The SMILES string of the molecule is CCCCC.FC(F)(Cl)Cl. The number of hydrogen-bond acceptors (Lipinski definition) is 0. The molecule has 0 saturated heterocycles. The average molecular weight is 193 g/mol. The van der Waals surface area contributed by atoms with Crippen molar-refractivity contribution in [3.05, 3.63) is 0 Å². The normalized spacial score (nSPS) is 10.2. The molecule has 0 amide bonds. The molecule has 0 saturated carbocycles. The molecule has 0 aliphatic rings. The van der Waals surface area contributed by atoms with Gasteiger partial charge in [-0.2, -0.15) is 8.78 Å². The molecule has 0 radical (unpaired) electrons. The molecule has 0 bridgehead atoms. The Labute approximate surface area is 70.5 Å². The van der Waals surface area contributed by atoms with Crippen LogP contribution >= 0.6 is 23.2 Å². The van der Waals surface area contributed by atoms with Crippen LogP contribution in [0.1, 0.15) is 33.1 Å². The van der Waals surface area contributed by atoms with Gasteiger partial charge in [0, 0.05) is 0 Å². The van der Waals surface area contributed by atoms with Gasteiger partial charge in [0.1, 0.15) is 0 Å². The first kappa shape index (κ1) is 13.1. The highest BCUT2D eigenvalue weighted by Gasteiger charge is 2.17. The molecule has 64 valence electrons. The molecule has 0 N–H and O–H groups in total. The molecule has 0 unspecified atom stereocenters. The summed E-state index contributed by atoms with van der Waals surface area (Å²) in [6.45, 7) is 4.42. The first-order valence-electron chi connectivity index (χ1n) is 3.17. The summed E-state index contributed by atoms with van der Waals surface area (Å²) in [5, 5.41) is 0. The minimum absolute atomic E-state index is 1.34. The van der Waals surface area contributed by atoms with Gasteiger partial charge in [0.25, 0.3) is 0 Å². The van der Waals surface area contributed by atoms with Crippen LogP contribution in [0.5, 0.6) is 0 Å². The summed E-state index contributed by atoms with van der Waals surface area (Å²) in [7, 11) is 0. The van der Waals surface area contributed by atoms with E-state index in [0.717, 1.165) is 0 Å². The maximum Gasteiger partial charge on any atom is 0.401 e. The van der Waals surface area contributed by atoms with Crippen LogP contribution in [-0.2, 0) is 0 Å². The smallest absolute Gasteiger partial charge is 0.172 e. The van der Waals surface area contributed by atoms with Gasteiger partial charge in [0.2, 0.25) is 0 Å². The highest BCUT2D eigenvalue weighted by Crippen LogP contribution is 2.22. The van der Waals surface area contributed by atoms with Crippen LogP contribution in [-0.4, -0.2) is 4.84 Å². The van der Waals surface area contributed by atoms with E-state index in [4.69, 9.17) is 0 Å². The second-order valence-corrected chi connectivity index (χ2v) is 2.92. The zero-order chi connectivity index (χ0) is 8.62. The van der Waals surface area contributed by atoms with Crippen molar-refractivity contribution in [1.82, 2.24) is 0 Å². The number of rotatable bonds is 2. The summed E-state index contributed by atoms with van der Waals surface area (Å²) in [6.07, 6.45) is 4.08. The number of hydrogen-bond donors (Lipinski definition) is 0. The molecule has 4 heteroatoms. The monoisotopic (exact) mass is 192 g/mol. The highest BCUT2D eigenvalue weighted by molar-refractivity contribution is 6.45. The van der Waals surface area contributed by atoms with E-state index in [1.54, 1.807) is 0 Å². The molecular formula is C6H12Cl2F2. The zero-order valence-corrected chi connectivity index (χ0v) is 7.65. The Morgan fingerprint density at radius 1 is 1.10 bits per heavy atom. The predicted octanol–water partition coefficient (Wildman–Crippen LogP) is 4.21. The molecule has 10 heavy (non-hydrogen) atoms. The second kappa shape index (κ2) is 7.55. The molecule has 0 aliphatic carbocycles. The quantitative estimate of drug-likeness (QED) is 0.576. The topological polar surface area (TPSA) is 0 Å². The van der Waals surface area contributed by atoms with Crippen molar-refractivity contribution in [3.8, 4) is 0 Å². The van der Waals surface area contributed by atoms with Gasteiger partial charge in [-0.15, -0.1) is 0 Å². The Morgan fingerprint density at radius 2 is 1.30 bits per heavy atom. The number of unbranched alkanes of at least 4 members (excludes halogenated alkanes) is 2. The van der Waals surface area contributed by atoms with Gasteiger partial charge in [-0.05, 0) is 23.2 Å². The number of halogens is 4. The van der Waals surface area contributed by atoms with E-state index in [-0.39, 0.29) is 0 Å². The Bertz CT molecular complexity index is 53.3. The molecule has 0 aromatic heterocycles. The third-order valence-electron chi connectivity index (χ3n) is 0.707. The fourth-order valence-electron chi connectivity index (χ4n) is 0.354. The van der Waals surface area contributed by atoms with E-state index in [2.05, 4.69) is 37.0 Å². The minimum atomic E-state index is -3.56. The number of alkyl halides is 4. The van der Waals surface area contributed by atoms with Crippen LogP contribution in [0, 0.1) is 0 Å². The van der Waals surface area contributed by atoms with Crippen molar-refractivity contribution in [2.45, 2.75) is 38.0 Å². The van der Waals surface area contributed by atoms with Crippen LogP contribution in [0.25, 0.3) is 0 Å².